The van der Waals surface area contributed by atoms with Crippen molar-refractivity contribution in [3.05, 3.63) is 35.4 Å². The molecule has 88 valence electrons. The summed E-state index contributed by atoms with van der Waals surface area (Å²) in [6.07, 6.45) is 0.0177. The van der Waals surface area contributed by atoms with Crippen molar-refractivity contribution in [3.63, 3.8) is 0 Å². The molecular formula is C12H12N2O3. The zero-order valence-electron chi connectivity index (χ0n) is 9.32. The number of nitrogens with one attached hydrogen (secondary N) is 1. The van der Waals surface area contributed by atoms with E-state index in [2.05, 4.69) is 16.6 Å². The summed E-state index contributed by atoms with van der Waals surface area (Å²) in [5.41, 5.74) is 3.08. The Morgan fingerprint density at radius 1 is 1.47 bits per heavy atom. The number of hydrogen-bond donors (Lipinski definition) is 2. The van der Waals surface area contributed by atoms with Crippen LogP contribution in [-0.2, 0) is 9.53 Å². The van der Waals surface area contributed by atoms with Gasteiger partial charge in [0.2, 0.25) is 0 Å². The molecule has 0 aliphatic rings. The summed E-state index contributed by atoms with van der Waals surface area (Å²) in [6, 6.07) is 6.63. The van der Waals surface area contributed by atoms with E-state index in [-0.39, 0.29) is 12.3 Å². The number of ether oxygens (including phenoxy) is 1. The van der Waals surface area contributed by atoms with Crippen LogP contribution in [0.2, 0.25) is 0 Å². The Morgan fingerprint density at radius 3 is 2.88 bits per heavy atom. The van der Waals surface area contributed by atoms with E-state index in [4.69, 9.17) is 5.84 Å². The first-order chi connectivity index (χ1) is 8.17. The first-order valence-corrected chi connectivity index (χ1v) is 4.84. The standard InChI is InChI=1S/C12H12N2O3/c1-17-11(15)7-3-5-9-4-2-6-10(8-9)12(16)14-13/h2,4,6,8H,7,13H2,1H3,(H,14,16). The second-order valence-corrected chi connectivity index (χ2v) is 3.11. The van der Waals surface area contributed by atoms with Crippen LogP contribution < -0.4 is 11.3 Å². The average molecular weight is 232 g/mol. The number of methoxy groups -OCH3 is 1. The number of amides is 1. The van der Waals surface area contributed by atoms with E-state index < -0.39 is 5.97 Å². The van der Waals surface area contributed by atoms with Crippen LogP contribution in [0.15, 0.2) is 24.3 Å². The summed E-state index contributed by atoms with van der Waals surface area (Å²) in [5, 5.41) is 0. The van der Waals surface area contributed by atoms with Gasteiger partial charge in [-0.1, -0.05) is 17.9 Å². The number of esters is 1. The van der Waals surface area contributed by atoms with Crippen LogP contribution in [0.4, 0.5) is 0 Å². The lowest BCUT2D eigenvalue weighted by Crippen LogP contribution is -2.29. The molecule has 0 aliphatic carbocycles. The lowest BCUT2D eigenvalue weighted by atomic mass is 10.1. The largest absolute Gasteiger partial charge is 0.468 e. The van der Waals surface area contributed by atoms with Gasteiger partial charge in [0.15, 0.2) is 0 Å². The number of nitrogen functional groups attached to an aromatic ring is 1. The maximum Gasteiger partial charge on any atom is 0.317 e. The highest BCUT2D eigenvalue weighted by atomic mass is 16.5. The molecule has 1 rings (SSSR count). The Bertz CT molecular complexity index is 486. The molecule has 0 bridgehead atoms. The minimum atomic E-state index is -0.395. The van der Waals surface area contributed by atoms with Gasteiger partial charge in [-0.15, -0.1) is 0 Å². The maximum absolute atomic E-state index is 11.2. The van der Waals surface area contributed by atoms with E-state index in [0.29, 0.717) is 11.1 Å². The normalized spacial score (nSPS) is 8.82. The monoisotopic (exact) mass is 232 g/mol. The summed E-state index contributed by atoms with van der Waals surface area (Å²) in [6.45, 7) is 0. The molecule has 0 spiro atoms. The zero-order valence-corrected chi connectivity index (χ0v) is 9.32. The number of benzene rings is 1. The van der Waals surface area contributed by atoms with Crippen LogP contribution in [-0.4, -0.2) is 19.0 Å². The highest BCUT2D eigenvalue weighted by molar-refractivity contribution is 5.94. The summed E-state index contributed by atoms with van der Waals surface area (Å²) >= 11 is 0. The second kappa shape index (κ2) is 6.30. The molecular weight excluding hydrogens is 220 g/mol. The Hall–Kier alpha value is -2.32. The van der Waals surface area contributed by atoms with Crippen molar-refractivity contribution in [3.8, 4) is 11.8 Å². The fourth-order valence-corrected chi connectivity index (χ4v) is 1.11. The molecule has 5 nitrogen and oxygen atoms in total. The number of carbonyl (C=O) groups is 2. The first kappa shape index (κ1) is 12.7. The van der Waals surface area contributed by atoms with Gasteiger partial charge in [-0.3, -0.25) is 15.0 Å². The number of hydrazine groups is 1. The number of carbonyl (C=O) groups excluding carboxylic acids is 2. The first-order valence-electron chi connectivity index (χ1n) is 4.84. The third kappa shape index (κ3) is 3.97. The van der Waals surface area contributed by atoms with E-state index in [1.54, 1.807) is 24.3 Å². The van der Waals surface area contributed by atoms with E-state index in [9.17, 15) is 9.59 Å². The molecule has 0 atom stereocenters. The number of nitrogens with two attached hydrogens (primary N) is 1. The van der Waals surface area contributed by atoms with E-state index >= 15 is 0 Å². The molecule has 0 fully saturated rings. The molecule has 0 heterocycles. The van der Waals surface area contributed by atoms with Crippen LogP contribution in [0.25, 0.3) is 0 Å². The van der Waals surface area contributed by atoms with Crippen molar-refractivity contribution in [2.24, 2.45) is 5.84 Å². The number of hydrogen-bond acceptors (Lipinski definition) is 4. The minimum absolute atomic E-state index is 0.0177. The molecule has 0 radical (unpaired) electrons. The van der Waals surface area contributed by atoms with E-state index in [1.807, 2.05) is 5.43 Å². The predicted molar refractivity (Wildman–Crippen MR) is 61.6 cm³/mol. The van der Waals surface area contributed by atoms with Gasteiger partial charge in [-0.25, -0.2) is 5.84 Å². The third-order valence-electron chi connectivity index (χ3n) is 1.95. The van der Waals surface area contributed by atoms with Gasteiger partial charge in [0, 0.05) is 11.1 Å². The van der Waals surface area contributed by atoms with Crippen LogP contribution >= 0.6 is 0 Å². The Kier molecular flexibility index (Phi) is 4.73. The molecule has 5 heteroatoms. The third-order valence-corrected chi connectivity index (χ3v) is 1.95. The maximum atomic E-state index is 11.2. The van der Waals surface area contributed by atoms with Crippen molar-refractivity contribution in [1.82, 2.24) is 5.43 Å². The molecule has 0 unspecified atom stereocenters. The van der Waals surface area contributed by atoms with Gasteiger partial charge >= 0.3 is 5.97 Å². The molecule has 17 heavy (non-hydrogen) atoms. The van der Waals surface area contributed by atoms with Crippen LogP contribution in [0.3, 0.4) is 0 Å². The van der Waals surface area contributed by atoms with Gasteiger partial charge < -0.3 is 4.74 Å². The second-order valence-electron chi connectivity index (χ2n) is 3.11. The summed E-state index contributed by atoms with van der Waals surface area (Å²) in [5.74, 6) is 9.64. The summed E-state index contributed by atoms with van der Waals surface area (Å²) in [4.78, 5) is 22.1. The highest BCUT2D eigenvalue weighted by Crippen LogP contribution is 2.03. The molecule has 1 amide bonds. The van der Waals surface area contributed by atoms with Gasteiger partial charge in [-0.05, 0) is 18.2 Å². The molecule has 0 saturated heterocycles. The molecule has 0 saturated carbocycles. The van der Waals surface area contributed by atoms with Gasteiger partial charge in [0.05, 0.1) is 7.11 Å². The van der Waals surface area contributed by atoms with Crippen molar-refractivity contribution in [2.75, 3.05) is 7.11 Å². The van der Waals surface area contributed by atoms with E-state index in [0.717, 1.165) is 0 Å². The molecule has 1 aromatic rings. The Labute approximate surface area is 98.9 Å². The fraction of sp³-hybridized carbons (Fsp3) is 0.167. The van der Waals surface area contributed by atoms with Crippen molar-refractivity contribution < 1.29 is 14.3 Å². The highest BCUT2D eigenvalue weighted by Gasteiger charge is 2.02. The minimum Gasteiger partial charge on any atom is -0.468 e. The SMILES string of the molecule is COC(=O)CC#Cc1cccc(C(=O)NN)c1. The van der Waals surface area contributed by atoms with E-state index in [1.165, 1.54) is 7.11 Å². The average Bonchev–Trinajstić information content (AvgIpc) is 2.38. The van der Waals surface area contributed by atoms with Gasteiger partial charge in [0.25, 0.3) is 5.91 Å². The lowest BCUT2D eigenvalue weighted by molar-refractivity contribution is -0.139. The smallest absolute Gasteiger partial charge is 0.317 e. The van der Waals surface area contributed by atoms with Gasteiger partial charge in [0.1, 0.15) is 6.42 Å². The Balaban J connectivity index is 2.78. The molecule has 0 aliphatic heterocycles. The van der Waals surface area contributed by atoms with Crippen LogP contribution in [0.1, 0.15) is 22.3 Å². The van der Waals surface area contributed by atoms with Gasteiger partial charge in [-0.2, -0.15) is 0 Å². The fourth-order valence-electron chi connectivity index (χ4n) is 1.11. The summed E-state index contributed by atoms with van der Waals surface area (Å²) in [7, 11) is 1.30. The van der Waals surface area contributed by atoms with Crippen molar-refractivity contribution >= 4 is 11.9 Å². The lowest BCUT2D eigenvalue weighted by Gasteiger charge is -1.99. The molecule has 3 N–H and O–H groups in total. The quantitative estimate of drug-likeness (QED) is 0.251. The van der Waals surface area contributed by atoms with Crippen LogP contribution in [0, 0.1) is 11.8 Å². The van der Waals surface area contributed by atoms with Crippen LogP contribution in [0.5, 0.6) is 0 Å². The Morgan fingerprint density at radius 2 is 2.24 bits per heavy atom. The molecule has 0 aromatic heterocycles. The topological polar surface area (TPSA) is 81.4 Å². The summed E-state index contributed by atoms with van der Waals surface area (Å²) < 4.78 is 4.45. The number of rotatable bonds is 2. The zero-order chi connectivity index (χ0) is 12.7. The van der Waals surface area contributed by atoms with Crippen molar-refractivity contribution in [1.29, 1.82) is 0 Å². The molecule has 1 aromatic carbocycles. The predicted octanol–water partition coefficient (Wildman–Crippen LogP) is 0.205. The van der Waals surface area contributed by atoms with Crippen molar-refractivity contribution in [2.45, 2.75) is 6.42 Å².